The number of carbonyl (C=O) groups excluding carboxylic acids is 1. The summed E-state index contributed by atoms with van der Waals surface area (Å²) in [5, 5.41) is 22.1. The second-order valence-electron chi connectivity index (χ2n) is 7.03. The smallest absolute Gasteiger partial charge is 0.226 e. The van der Waals surface area contributed by atoms with E-state index in [9.17, 15) is 15.0 Å². The van der Waals surface area contributed by atoms with E-state index in [0.717, 1.165) is 27.3 Å². The largest absolute Gasteiger partial charge is 0.393 e. The standard InChI is InChI=1S/C20H23ClN2O3S2/c1-20(26,12-24)11-23-9-13(3-6-19(23)25)14-7-18(28-10-14)16-5-4-15(22-27-2)8-17(16)21/h4-5,7-10,22,24,26H,3,6,11-12H2,1-2H3. The Bertz CT molecular complexity index is 895. The first-order chi connectivity index (χ1) is 13.3. The number of thiophene rings is 1. The molecule has 150 valence electrons. The second-order valence-corrected chi connectivity index (χ2v) is 8.96. The molecule has 1 unspecified atom stereocenters. The summed E-state index contributed by atoms with van der Waals surface area (Å²) in [6.07, 6.45) is 4.78. The second kappa shape index (κ2) is 8.88. The molecule has 0 bridgehead atoms. The van der Waals surface area contributed by atoms with Crippen molar-refractivity contribution in [2.24, 2.45) is 0 Å². The predicted octanol–water partition coefficient (Wildman–Crippen LogP) is 4.47. The summed E-state index contributed by atoms with van der Waals surface area (Å²) in [5.41, 5.74) is 2.68. The van der Waals surface area contributed by atoms with Gasteiger partial charge in [-0.1, -0.05) is 23.5 Å². The number of aliphatic hydroxyl groups is 2. The average molecular weight is 439 g/mol. The Morgan fingerprint density at radius 2 is 2.14 bits per heavy atom. The molecule has 28 heavy (non-hydrogen) atoms. The van der Waals surface area contributed by atoms with Gasteiger partial charge in [-0.2, -0.15) is 0 Å². The zero-order chi connectivity index (χ0) is 20.3. The topological polar surface area (TPSA) is 72.8 Å². The number of halogens is 1. The number of amides is 1. The Morgan fingerprint density at radius 3 is 2.82 bits per heavy atom. The lowest BCUT2D eigenvalue weighted by atomic mass is 9.99. The van der Waals surface area contributed by atoms with Crippen molar-refractivity contribution in [2.45, 2.75) is 25.4 Å². The number of anilines is 1. The van der Waals surface area contributed by atoms with Gasteiger partial charge in [0, 0.05) is 35.0 Å². The molecule has 0 fully saturated rings. The summed E-state index contributed by atoms with van der Waals surface area (Å²) in [5.74, 6) is -0.0483. The molecule has 1 atom stereocenters. The van der Waals surface area contributed by atoms with Gasteiger partial charge in [0.2, 0.25) is 5.91 Å². The fraction of sp³-hybridized carbons (Fsp3) is 0.350. The van der Waals surface area contributed by atoms with E-state index in [1.807, 2.05) is 24.5 Å². The summed E-state index contributed by atoms with van der Waals surface area (Å²) in [7, 11) is 0. The van der Waals surface area contributed by atoms with E-state index in [4.69, 9.17) is 11.6 Å². The van der Waals surface area contributed by atoms with Gasteiger partial charge in [-0.05, 0) is 54.1 Å². The number of nitrogens with zero attached hydrogens (tertiary/aromatic N) is 1. The highest BCUT2D eigenvalue weighted by Gasteiger charge is 2.28. The number of allylic oxidation sites excluding steroid dienone is 1. The third-order valence-corrected chi connectivity index (χ3v) is 6.23. The number of aliphatic hydroxyl groups excluding tert-OH is 1. The third-order valence-electron chi connectivity index (χ3n) is 4.52. The van der Waals surface area contributed by atoms with Crippen molar-refractivity contribution in [3.8, 4) is 10.4 Å². The molecule has 8 heteroatoms. The van der Waals surface area contributed by atoms with Crippen LogP contribution in [0, 0.1) is 0 Å². The van der Waals surface area contributed by atoms with E-state index in [1.54, 1.807) is 17.5 Å². The van der Waals surface area contributed by atoms with Gasteiger partial charge >= 0.3 is 0 Å². The molecular weight excluding hydrogens is 416 g/mol. The van der Waals surface area contributed by atoms with Crippen molar-refractivity contribution in [3.05, 3.63) is 46.4 Å². The quantitative estimate of drug-likeness (QED) is 0.556. The molecule has 2 aromatic rings. The molecule has 1 aliphatic heterocycles. The summed E-state index contributed by atoms with van der Waals surface area (Å²) in [4.78, 5) is 14.7. The maximum atomic E-state index is 12.2. The first-order valence-corrected chi connectivity index (χ1v) is 11.3. The zero-order valence-corrected chi connectivity index (χ0v) is 18.1. The minimum atomic E-state index is -1.32. The monoisotopic (exact) mass is 438 g/mol. The van der Waals surface area contributed by atoms with Crippen molar-refractivity contribution in [1.29, 1.82) is 0 Å². The number of β-amino-alcohol motifs (C(OH)–C–C–N with tert-alkyl or cyclic N) is 1. The Labute approximate surface area is 178 Å². The van der Waals surface area contributed by atoms with Crippen LogP contribution in [0.25, 0.3) is 16.0 Å². The van der Waals surface area contributed by atoms with Gasteiger partial charge in [-0.3, -0.25) is 4.79 Å². The highest BCUT2D eigenvalue weighted by atomic mass is 35.5. The summed E-state index contributed by atoms with van der Waals surface area (Å²) in [6, 6.07) is 7.98. The van der Waals surface area contributed by atoms with Gasteiger partial charge in [-0.25, -0.2) is 0 Å². The summed E-state index contributed by atoms with van der Waals surface area (Å²) >= 11 is 9.58. The van der Waals surface area contributed by atoms with Crippen molar-refractivity contribution in [3.63, 3.8) is 0 Å². The van der Waals surface area contributed by atoms with E-state index in [1.165, 1.54) is 23.8 Å². The van der Waals surface area contributed by atoms with Gasteiger partial charge in [0.1, 0.15) is 5.60 Å². The van der Waals surface area contributed by atoms with Crippen molar-refractivity contribution in [2.75, 3.05) is 24.1 Å². The van der Waals surface area contributed by atoms with Crippen LogP contribution in [0.5, 0.6) is 0 Å². The van der Waals surface area contributed by atoms with Crippen molar-refractivity contribution < 1.29 is 15.0 Å². The molecule has 0 saturated carbocycles. The van der Waals surface area contributed by atoms with Crippen LogP contribution in [0.2, 0.25) is 5.02 Å². The van der Waals surface area contributed by atoms with Crippen LogP contribution in [0.15, 0.2) is 35.8 Å². The maximum Gasteiger partial charge on any atom is 0.226 e. The molecule has 5 nitrogen and oxygen atoms in total. The molecule has 1 aliphatic rings. The first-order valence-electron chi connectivity index (χ1n) is 8.84. The molecule has 0 spiro atoms. The van der Waals surface area contributed by atoms with Crippen LogP contribution >= 0.6 is 34.9 Å². The van der Waals surface area contributed by atoms with Crippen LogP contribution in [-0.4, -0.2) is 46.0 Å². The van der Waals surface area contributed by atoms with Crippen molar-refractivity contribution in [1.82, 2.24) is 4.90 Å². The Hall–Kier alpha value is -1.51. The predicted molar refractivity (Wildman–Crippen MR) is 119 cm³/mol. The van der Waals surface area contributed by atoms with E-state index in [2.05, 4.69) is 16.2 Å². The van der Waals surface area contributed by atoms with Gasteiger partial charge in [-0.15, -0.1) is 11.3 Å². The van der Waals surface area contributed by atoms with Gasteiger partial charge in [0.15, 0.2) is 0 Å². The molecule has 2 heterocycles. The Kier molecular flexibility index (Phi) is 6.73. The fourth-order valence-corrected chi connectivity index (χ4v) is 4.70. The highest BCUT2D eigenvalue weighted by Crippen LogP contribution is 2.38. The molecule has 0 saturated heterocycles. The molecule has 0 aliphatic carbocycles. The van der Waals surface area contributed by atoms with Crippen molar-refractivity contribution >= 4 is 52.1 Å². The van der Waals surface area contributed by atoms with Crippen LogP contribution in [0.4, 0.5) is 5.69 Å². The number of hydrogen-bond donors (Lipinski definition) is 3. The first kappa shape index (κ1) is 21.2. The molecule has 1 aromatic carbocycles. The molecule has 1 amide bonds. The normalized spacial score (nSPS) is 16.7. The van der Waals surface area contributed by atoms with Gasteiger partial charge < -0.3 is 19.8 Å². The molecule has 1 aromatic heterocycles. The lowest BCUT2D eigenvalue weighted by Gasteiger charge is -2.31. The fourth-order valence-electron chi connectivity index (χ4n) is 3.02. The van der Waals surface area contributed by atoms with Crippen LogP contribution in [0.1, 0.15) is 25.3 Å². The van der Waals surface area contributed by atoms with Crippen LogP contribution in [0.3, 0.4) is 0 Å². The Morgan fingerprint density at radius 1 is 1.36 bits per heavy atom. The third kappa shape index (κ3) is 4.90. The average Bonchev–Trinajstić information content (AvgIpc) is 3.13. The maximum absolute atomic E-state index is 12.2. The van der Waals surface area contributed by atoms with E-state index >= 15 is 0 Å². The van der Waals surface area contributed by atoms with Crippen LogP contribution < -0.4 is 4.72 Å². The van der Waals surface area contributed by atoms with Crippen LogP contribution in [-0.2, 0) is 4.79 Å². The van der Waals surface area contributed by atoms with E-state index in [-0.39, 0.29) is 12.5 Å². The lowest BCUT2D eigenvalue weighted by Crippen LogP contribution is -2.44. The Balaban J connectivity index is 1.84. The minimum Gasteiger partial charge on any atom is -0.393 e. The number of nitrogens with one attached hydrogen (secondary N) is 1. The number of rotatable bonds is 7. The molecule has 3 rings (SSSR count). The minimum absolute atomic E-state index is 0.0483. The molecule has 0 radical (unpaired) electrons. The number of carbonyl (C=O) groups is 1. The zero-order valence-electron chi connectivity index (χ0n) is 15.7. The summed E-state index contributed by atoms with van der Waals surface area (Å²) < 4.78 is 3.17. The summed E-state index contributed by atoms with van der Waals surface area (Å²) in [6.45, 7) is 1.18. The number of hydrogen-bond acceptors (Lipinski definition) is 6. The SMILES string of the molecule is CSNc1ccc(-c2cc(C3=CN(CC(C)(O)CO)C(=O)CC3)cs2)c(Cl)c1. The van der Waals surface area contributed by atoms with Gasteiger partial charge in [0.25, 0.3) is 0 Å². The van der Waals surface area contributed by atoms with E-state index < -0.39 is 12.2 Å². The van der Waals surface area contributed by atoms with Gasteiger partial charge in [0.05, 0.1) is 18.2 Å². The van der Waals surface area contributed by atoms with E-state index in [0.29, 0.717) is 17.9 Å². The highest BCUT2D eigenvalue weighted by molar-refractivity contribution is 7.99. The number of benzene rings is 1. The lowest BCUT2D eigenvalue weighted by molar-refractivity contribution is -0.132. The molecule has 3 N–H and O–H groups in total. The molecular formula is C20H23ClN2O3S2.